The van der Waals surface area contributed by atoms with Gasteiger partial charge in [-0.2, -0.15) is 0 Å². The fourth-order valence-corrected chi connectivity index (χ4v) is 7.13. The van der Waals surface area contributed by atoms with Gasteiger partial charge in [-0.25, -0.2) is 9.59 Å². The molecule has 9 heteroatoms. The molecule has 0 bridgehead atoms. The third-order valence-corrected chi connectivity index (χ3v) is 11.2. The normalized spacial score (nSPS) is 14.4. The summed E-state index contributed by atoms with van der Waals surface area (Å²) < 4.78 is 24.1. The number of benzene rings is 2. The van der Waals surface area contributed by atoms with Crippen LogP contribution >= 0.6 is 11.8 Å². The summed E-state index contributed by atoms with van der Waals surface area (Å²) >= 11 is 1.70. The van der Waals surface area contributed by atoms with Gasteiger partial charge in [0.2, 0.25) is 0 Å². The molecule has 8 nitrogen and oxygen atoms in total. The van der Waals surface area contributed by atoms with Gasteiger partial charge in [0.1, 0.15) is 35.9 Å². The summed E-state index contributed by atoms with van der Waals surface area (Å²) in [6.07, 6.45) is 0.574. The molecule has 2 N–H and O–H groups in total. The Morgan fingerprint density at radius 2 is 1.17 bits per heavy atom. The molecule has 0 aromatic heterocycles. The first-order chi connectivity index (χ1) is 24.8. The van der Waals surface area contributed by atoms with Gasteiger partial charge >= 0.3 is 11.9 Å². The maximum atomic E-state index is 12.4. The highest BCUT2D eigenvalue weighted by Crippen LogP contribution is 2.44. The fourth-order valence-electron chi connectivity index (χ4n) is 6.10. The summed E-state index contributed by atoms with van der Waals surface area (Å²) in [5.41, 5.74) is 2.78. The van der Waals surface area contributed by atoms with E-state index in [0.29, 0.717) is 30.6 Å². The second kappa shape index (κ2) is 19.1. The number of aliphatic hydroxyl groups is 2. The zero-order valence-corrected chi connectivity index (χ0v) is 36.4. The topological polar surface area (TPSA) is 112 Å². The zero-order chi connectivity index (χ0) is 41.4. The Morgan fingerprint density at radius 3 is 1.61 bits per heavy atom. The average molecular weight is 769 g/mol. The highest BCUT2D eigenvalue weighted by molar-refractivity contribution is 7.99. The van der Waals surface area contributed by atoms with E-state index in [1.807, 2.05) is 33.8 Å². The van der Waals surface area contributed by atoms with E-state index >= 15 is 0 Å². The lowest BCUT2D eigenvalue weighted by Gasteiger charge is -2.35. The first-order valence-electron chi connectivity index (χ1n) is 19.2. The van der Waals surface area contributed by atoms with Gasteiger partial charge in [0.15, 0.2) is 0 Å². The van der Waals surface area contributed by atoms with Crippen molar-refractivity contribution in [2.75, 3.05) is 13.2 Å². The van der Waals surface area contributed by atoms with Crippen molar-refractivity contribution in [2.45, 2.75) is 173 Å². The van der Waals surface area contributed by atoms with E-state index in [2.05, 4.69) is 86.7 Å². The van der Waals surface area contributed by atoms with Crippen LogP contribution in [-0.4, -0.2) is 58.8 Å². The monoisotopic (exact) mass is 768 g/mol. The lowest BCUT2D eigenvalue weighted by Crippen LogP contribution is -2.39. The first-order valence-corrected chi connectivity index (χ1v) is 20.0. The van der Waals surface area contributed by atoms with Crippen molar-refractivity contribution >= 4 is 23.7 Å². The van der Waals surface area contributed by atoms with Crippen LogP contribution in [-0.2, 0) is 29.9 Å². The van der Waals surface area contributed by atoms with Gasteiger partial charge in [0.05, 0.1) is 12.2 Å². The van der Waals surface area contributed by atoms with Crippen molar-refractivity contribution in [3.8, 4) is 11.5 Å². The summed E-state index contributed by atoms with van der Waals surface area (Å²) in [4.78, 5) is 26.5. The summed E-state index contributed by atoms with van der Waals surface area (Å²) in [5.74, 6) is 0.502. The van der Waals surface area contributed by atoms with Gasteiger partial charge in [-0.3, -0.25) is 0 Å². The smallest absolute Gasteiger partial charge is 0.333 e. The molecule has 0 amide bonds. The number of aliphatic hydroxyl groups excluding tert-OH is 2. The highest BCUT2D eigenvalue weighted by atomic mass is 32.2. The van der Waals surface area contributed by atoms with Gasteiger partial charge in [0, 0.05) is 44.9 Å². The maximum absolute atomic E-state index is 12.4. The average Bonchev–Trinajstić information content (AvgIpc) is 3.06. The minimum Gasteiger partial charge on any atom is -0.491 e. The van der Waals surface area contributed by atoms with Crippen LogP contribution in [0.15, 0.2) is 58.4 Å². The Morgan fingerprint density at radius 1 is 0.704 bits per heavy atom. The third-order valence-electron chi connectivity index (χ3n) is 9.90. The number of hydrogen-bond donors (Lipinski definition) is 2. The number of carbonyl (C=O) groups is 2. The van der Waals surface area contributed by atoms with Crippen LogP contribution in [0.5, 0.6) is 11.5 Å². The Kier molecular flexibility index (Phi) is 16.5. The molecule has 3 atom stereocenters. The van der Waals surface area contributed by atoms with E-state index in [9.17, 15) is 19.8 Å². The number of ether oxygens (including phenoxy) is 4. The Labute approximate surface area is 330 Å². The molecular weight excluding hydrogens is 701 g/mol. The Balaban J connectivity index is 2.42. The van der Waals surface area contributed by atoms with Crippen LogP contribution in [0.25, 0.3) is 0 Å². The molecule has 0 radical (unpaired) electrons. The van der Waals surface area contributed by atoms with Crippen LogP contribution in [0.2, 0.25) is 0 Å². The van der Waals surface area contributed by atoms with Crippen molar-refractivity contribution < 1.29 is 38.7 Å². The van der Waals surface area contributed by atoms with E-state index < -0.39 is 35.3 Å². The SMILES string of the molecule is C=C(C)C(=O)OCC(O)CC(C)(CC)Oc1cc(C)c(Sc2cc(C(C)(C)C)c(OCC(O)CC(CC)(CC)OC(=O)C(=C)C)cc2C)cc1C(C)(C)C. The van der Waals surface area contributed by atoms with E-state index in [-0.39, 0.29) is 42.5 Å². The Bertz CT molecular complexity index is 1640. The second-order valence-corrected chi connectivity index (χ2v) is 18.3. The lowest BCUT2D eigenvalue weighted by atomic mass is 9.85. The van der Waals surface area contributed by atoms with E-state index in [4.69, 9.17) is 18.9 Å². The van der Waals surface area contributed by atoms with Crippen LogP contribution in [0.3, 0.4) is 0 Å². The lowest BCUT2D eigenvalue weighted by molar-refractivity contribution is -0.159. The quantitative estimate of drug-likeness (QED) is 0.107. The summed E-state index contributed by atoms with van der Waals surface area (Å²) in [7, 11) is 0. The van der Waals surface area contributed by atoms with Crippen LogP contribution in [0.1, 0.15) is 137 Å². The second-order valence-electron chi connectivity index (χ2n) is 17.2. The van der Waals surface area contributed by atoms with Crippen LogP contribution in [0, 0.1) is 13.8 Å². The third kappa shape index (κ3) is 13.2. The predicted octanol–water partition coefficient (Wildman–Crippen LogP) is 10.3. The van der Waals surface area contributed by atoms with Crippen molar-refractivity contribution in [2.24, 2.45) is 0 Å². The zero-order valence-electron chi connectivity index (χ0n) is 35.6. The van der Waals surface area contributed by atoms with Crippen molar-refractivity contribution in [1.82, 2.24) is 0 Å². The van der Waals surface area contributed by atoms with Gasteiger partial charge < -0.3 is 29.2 Å². The predicted molar refractivity (Wildman–Crippen MR) is 220 cm³/mol. The fraction of sp³-hybridized carbons (Fsp3) is 0.600. The van der Waals surface area contributed by atoms with Crippen molar-refractivity contribution in [1.29, 1.82) is 0 Å². The van der Waals surface area contributed by atoms with E-state index in [1.165, 1.54) is 0 Å². The molecule has 0 fully saturated rings. The molecule has 302 valence electrons. The molecular formula is C45H68O8S. The largest absolute Gasteiger partial charge is 0.491 e. The summed E-state index contributed by atoms with van der Waals surface area (Å²) in [6, 6.07) is 8.54. The van der Waals surface area contributed by atoms with Gasteiger partial charge in [-0.1, -0.05) is 87.2 Å². The molecule has 54 heavy (non-hydrogen) atoms. The van der Waals surface area contributed by atoms with Crippen LogP contribution in [0.4, 0.5) is 0 Å². The molecule has 0 heterocycles. The summed E-state index contributed by atoms with van der Waals surface area (Å²) in [6.45, 7) is 35.4. The molecule has 0 saturated carbocycles. The molecule has 2 aromatic carbocycles. The molecule has 0 saturated heterocycles. The van der Waals surface area contributed by atoms with Crippen LogP contribution < -0.4 is 9.47 Å². The molecule has 2 rings (SSSR count). The maximum Gasteiger partial charge on any atom is 0.333 e. The van der Waals surface area contributed by atoms with Gasteiger partial charge in [0.25, 0.3) is 0 Å². The number of hydrogen-bond acceptors (Lipinski definition) is 9. The number of esters is 2. The molecule has 0 aliphatic rings. The Hall–Kier alpha value is -3.27. The molecule has 2 aromatic rings. The first kappa shape index (κ1) is 46.9. The van der Waals surface area contributed by atoms with Gasteiger partial charge in [-0.15, -0.1) is 0 Å². The molecule has 0 spiro atoms. The van der Waals surface area contributed by atoms with E-state index in [0.717, 1.165) is 37.8 Å². The van der Waals surface area contributed by atoms with E-state index in [1.54, 1.807) is 25.6 Å². The number of carbonyl (C=O) groups excluding carboxylic acids is 2. The summed E-state index contributed by atoms with van der Waals surface area (Å²) in [5, 5.41) is 21.9. The number of aryl methyl sites for hydroxylation is 2. The molecule has 0 aliphatic carbocycles. The minimum absolute atomic E-state index is 0.0598. The van der Waals surface area contributed by atoms with Crippen molar-refractivity contribution in [3.05, 3.63) is 70.8 Å². The van der Waals surface area contributed by atoms with Gasteiger partial charge in [-0.05, 0) is 100 Å². The highest BCUT2D eigenvalue weighted by Gasteiger charge is 2.35. The molecule has 3 unspecified atom stereocenters. The minimum atomic E-state index is -0.893. The molecule has 0 aliphatic heterocycles. The number of rotatable bonds is 19. The standard InChI is InChI=1S/C45H68O8S/c1-17-44(16,24-32(46)27-51-40(48)28(4)5)52-37-21-31(9)39(23-35(37)43(13,14)15)54-38-22-34(42(10,11)12)36(20-30(38)8)50-26-33(47)25-45(18-2,19-3)53-41(49)29(6)7/h20-23,32-33,46-47H,4,6,17-19,24-27H2,1-3,5,7-16H3. The van der Waals surface area contributed by atoms with Crippen molar-refractivity contribution in [3.63, 3.8) is 0 Å².